The highest BCUT2D eigenvalue weighted by atomic mass is 32.2. The Morgan fingerprint density at radius 2 is 1.84 bits per heavy atom. The predicted octanol–water partition coefficient (Wildman–Crippen LogP) is 2.06. The molecule has 170 valence electrons. The Hall–Kier alpha value is -2.95. The highest BCUT2D eigenvalue weighted by molar-refractivity contribution is 7.90. The molecule has 0 amide bonds. The zero-order chi connectivity index (χ0) is 22.9. The van der Waals surface area contributed by atoms with E-state index < -0.39 is 28.2 Å². The van der Waals surface area contributed by atoms with E-state index in [1.54, 1.807) is 12.1 Å². The maximum absolute atomic E-state index is 13.5. The summed E-state index contributed by atoms with van der Waals surface area (Å²) in [5.74, 6) is -1.25. The molecule has 8 nitrogen and oxygen atoms in total. The summed E-state index contributed by atoms with van der Waals surface area (Å²) in [6, 6.07) is 9.51. The number of piperazine rings is 1. The molecular weight excluding hydrogens is 437 g/mol. The van der Waals surface area contributed by atoms with Gasteiger partial charge >= 0.3 is 5.97 Å². The largest absolute Gasteiger partial charge is 0.497 e. The molecule has 0 spiro atoms. The van der Waals surface area contributed by atoms with Gasteiger partial charge < -0.3 is 15.2 Å². The van der Waals surface area contributed by atoms with Crippen molar-refractivity contribution >= 4 is 26.9 Å². The zero-order valence-electron chi connectivity index (χ0n) is 17.5. The Balaban J connectivity index is 1.93. The number of fused-ring (bicyclic) bond motifs is 1. The molecule has 4 rings (SSSR count). The van der Waals surface area contributed by atoms with E-state index in [1.807, 2.05) is 6.07 Å². The van der Waals surface area contributed by atoms with Crippen molar-refractivity contribution in [3.8, 4) is 5.75 Å². The summed E-state index contributed by atoms with van der Waals surface area (Å²) in [6.45, 7) is 3.97. The van der Waals surface area contributed by atoms with Crippen LogP contribution in [0.25, 0.3) is 10.9 Å². The van der Waals surface area contributed by atoms with Gasteiger partial charge in [0.25, 0.3) is 10.0 Å². The number of ether oxygens (including phenoxy) is 1. The molecule has 10 heteroatoms. The van der Waals surface area contributed by atoms with Gasteiger partial charge in [-0.3, -0.25) is 9.69 Å². The summed E-state index contributed by atoms with van der Waals surface area (Å²) in [4.78, 5) is 13.6. The number of hydrogen-bond acceptors (Lipinski definition) is 6. The van der Waals surface area contributed by atoms with Gasteiger partial charge in [-0.2, -0.15) is 0 Å². The highest BCUT2D eigenvalue weighted by Crippen LogP contribution is 2.33. The van der Waals surface area contributed by atoms with Crippen molar-refractivity contribution in [1.29, 1.82) is 0 Å². The van der Waals surface area contributed by atoms with Crippen molar-refractivity contribution in [2.75, 3.05) is 33.3 Å². The molecule has 1 saturated heterocycles. The topological polar surface area (TPSA) is 101 Å². The molecule has 2 N–H and O–H groups in total. The van der Waals surface area contributed by atoms with Crippen LogP contribution in [0.1, 0.15) is 11.3 Å². The lowest BCUT2D eigenvalue weighted by Crippen LogP contribution is -2.42. The van der Waals surface area contributed by atoms with E-state index in [0.29, 0.717) is 23.2 Å². The molecule has 0 radical (unpaired) electrons. The molecule has 1 aliphatic rings. The van der Waals surface area contributed by atoms with Crippen LogP contribution in [-0.2, 0) is 27.8 Å². The van der Waals surface area contributed by atoms with Crippen molar-refractivity contribution in [2.24, 2.45) is 0 Å². The van der Waals surface area contributed by atoms with Crippen LogP contribution in [0.5, 0.6) is 5.75 Å². The third-order valence-electron chi connectivity index (χ3n) is 5.53. The molecule has 2 aromatic carbocycles. The summed E-state index contributed by atoms with van der Waals surface area (Å²) < 4.78 is 46.9. The molecule has 0 bridgehead atoms. The second-order valence-corrected chi connectivity index (χ2v) is 9.46. The number of carboxylic acid groups (broad SMARTS) is 1. The molecular formula is C22H24FN3O5S. The fourth-order valence-electron chi connectivity index (χ4n) is 4.02. The van der Waals surface area contributed by atoms with Gasteiger partial charge in [0, 0.05) is 49.9 Å². The summed E-state index contributed by atoms with van der Waals surface area (Å²) in [6.07, 6.45) is -0.482. The first kappa shape index (κ1) is 22.3. The quantitative estimate of drug-likeness (QED) is 0.555. The Morgan fingerprint density at radius 1 is 1.16 bits per heavy atom. The van der Waals surface area contributed by atoms with Crippen LogP contribution in [0.4, 0.5) is 4.39 Å². The first-order chi connectivity index (χ1) is 15.3. The van der Waals surface area contributed by atoms with Crippen LogP contribution in [0, 0.1) is 5.82 Å². The Kier molecular flexibility index (Phi) is 6.18. The van der Waals surface area contributed by atoms with Gasteiger partial charge in [-0.15, -0.1) is 0 Å². The summed E-state index contributed by atoms with van der Waals surface area (Å²) in [5, 5.41) is 13.4. The van der Waals surface area contributed by atoms with Crippen LogP contribution < -0.4 is 10.1 Å². The van der Waals surface area contributed by atoms with Crippen molar-refractivity contribution in [3.05, 3.63) is 59.5 Å². The van der Waals surface area contributed by atoms with Gasteiger partial charge in [0.2, 0.25) is 0 Å². The number of carboxylic acids is 1. The zero-order valence-corrected chi connectivity index (χ0v) is 18.4. The standard InChI is InChI=1S/C22H24FN3O5S/c1-31-18-10-15(14-25-8-6-24-7-9-25)20-11-17(12-22(27)28)26(21(20)13-18)32(29,30)19-4-2-16(23)3-5-19/h2-5,10-11,13,24H,6-9,12,14H2,1H3,(H,27,28). The fourth-order valence-corrected chi connectivity index (χ4v) is 5.54. The lowest BCUT2D eigenvalue weighted by atomic mass is 10.1. The number of aliphatic carboxylic acids is 1. The van der Waals surface area contributed by atoms with Gasteiger partial charge in [-0.25, -0.2) is 16.8 Å². The van der Waals surface area contributed by atoms with Crippen molar-refractivity contribution < 1.29 is 27.4 Å². The van der Waals surface area contributed by atoms with Crippen LogP contribution in [0.2, 0.25) is 0 Å². The predicted molar refractivity (Wildman–Crippen MR) is 117 cm³/mol. The fraction of sp³-hybridized carbons (Fsp3) is 0.318. The van der Waals surface area contributed by atoms with Crippen molar-refractivity contribution in [1.82, 2.24) is 14.2 Å². The second-order valence-electron chi connectivity index (χ2n) is 7.68. The van der Waals surface area contributed by atoms with Gasteiger partial charge in [-0.05, 0) is 42.0 Å². The number of aromatic nitrogens is 1. The summed E-state index contributed by atoms with van der Waals surface area (Å²) >= 11 is 0. The monoisotopic (exact) mass is 461 g/mol. The second kappa shape index (κ2) is 8.89. The molecule has 0 atom stereocenters. The first-order valence-corrected chi connectivity index (χ1v) is 11.6. The SMILES string of the molecule is COc1cc(CN2CCNCC2)c2cc(CC(=O)O)n(S(=O)(=O)c3ccc(F)cc3)c2c1. The molecule has 0 unspecified atom stereocenters. The molecule has 1 aliphatic heterocycles. The molecule has 2 heterocycles. The number of hydrogen-bond donors (Lipinski definition) is 2. The first-order valence-electron chi connectivity index (χ1n) is 10.2. The Bertz CT molecular complexity index is 1250. The van der Waals surface area contributed by atoms with E-state index in [-0.39, 0.29) is 10.6 Å². The number of nitrogens with one attached hydrogen (secondary N) is 1. The Morgan fingerprint density at radius 3 is 2.47 bits per heavy atom. The minimum Gasteiger partial charge on any atom is -0.497 e. The van der Waals surface area contributed by atoms with E-state index in [0.717, 1.165) is 47.8 Å². The maximum atomic E-state index is 13.5. The van der Waals surface area contributed by atoms with Gasteiger partial charge in [0.05, 0.1) is 23.9 Å². The number of benzene rings is 2. The average Bonchev–Trinajstić information content (AvgIpc) is 3.13. The molecule has 3 aromatic rings. The van der Waals surface area contributed by atoms with E-state index in [4.69, 9.17) is 4.74 Å². The molecule has 0 aliphatic carbocycles. The van der Waals surface area contributed by atoms with Crippen molar-refractivity contribution in [3.63, 3.8) is 0 Å². The van der Waals surface area contributed by atoms with E-state index >= 15 is 0 Å². The van der Waals surface area contributed by atoms with Gasteiger partial charge in [0.1, 0.15) is 11.6 Å². The lowest BCUT2D eigenvalue weighted by Gasteiger charge is -2.27. The minimum atomic E-state index is -4.18. The highest BCUT2D eigenvalue weighted by Gasteiger charge is 2.26. The van der Waals surface area contributed by atoms with Gasteiger partial charge in [-0.1, -0.05) is 0 Å². The number of methoxy groups -OCH3 is 1. The number of halogens is 1. The summed E-state index contributed by atoms with van der Waals surface area (Å²) in [5.41, 5.74) is 1.29. The van der Waals surface area contributed by atoms with Crippen LogP contribution in [0.15, 0.2) is 47.4 Å². The lowest BCUT2D eigenvalue weighted by molar-refractivity contribution is -0.136. The van der Waals surface area contributed by atoms with Crippen LogP contribution in [-0.4, -0.2) is 61.7 Å². The third-order valence-corrected chi connectivity index (χ3v) is 7.31. The smallest absolute Gasteiger partial charge is 0.309 e. The van der Waals surface area contributed by atoms with Crippen LogP contribution >= 0.6 is 0 Å². The minimum absolute atomic E-state index is 0.117. The number of rotatable bonds is 7. The molecule has 1 aromatic heterocycles. The number of nitrogens with zero attached hydrogens (tertiary/aromatic N) is 2. The van der Waals surface area contributed by atoms with E-state index in [2.05, 4.69) is 10.2 Å². The van der Waals surface area contributed by atoms with E-state index in [9.17, 15) is 22.7 Å². The normalized spacial score (nSPS) is 15.2. The van der Waals surface area contributed by atoms with Crippen LogP contribution in [0.3, 0.4) is 0 Å². The maximum Gasteiger partial charge on any atom is 0.309 e. The Labute approximate surface area is 185 Å². The van der Waals surface area contributed by atoms with E-state index in [1.165, 1.54) is 19.2 Å². The molecule has 1 fully saturated rings. The molecule has 32 heavy (non-hydrogen) atoms. The summed E-state index contributed by atoms with van der Waals surface area (Å²) in [7, 11) is -2.69. The van der Waals surface area contributed by atoms with Crippen molar-refractivity contribution in [2.45, 2.75) is 17.9 Å². The third kappa shape index (κ3) is 4.34. The number of carbonyl (C=O) groups is 1. The van der Waals surface area contributed by atoms with Gasteiger partial charge in [0.15, 0.2) is 0 Å². The average molecular weight is 462 g/mol. The molecule has 0 saturated carbocycles.